The second-order valence-electron chi connectivity index (χ2n) is 3.78. The maximum Gasteiger partial charge on any atom is 0.0624 e. The smallest absolute Gasteiger partial charge is 0.0624 e. The fourth-order valence-corrected chi connectivity index (χ4v) is 1.68. The molecule has 0 radical (unpaired) electrons. The van der Waals surface area contributed by atoms with E-state index in [1.807, 2.05) is 42.5 Å². The Bertz CT molecular complexity index is 459. The molecule has 0 aliphatic carbocycles. The summed E-state index contributed by atoms with van der Waals surface area (Å²) >= 11 is 0. The van der Waals surface area contributed by atoms with E-state index in [0.717, 1.165) is 16.7 Å². The van der Waals surface area contributed by atoms with Gasteiger partial charge in [0.15, 0.2) is 0 Å². The molecule has 0 heterocycles. The van der Waals surface area contributed by atoms with Gasteiger partial charge in [0.1, 0.15) is 0 Å². The van der Waals surface area contributed by atoms with E-state index in [-0.39, 0.29) is 25.1 Å². The molecular formula is C14H16ClNO. The van der Waals surface area contributed by atoms with Crippen molar-refractivity contribution in [1.82, 2.24) is 0 Å². The lowest BCUT2D eigenvalue weighted by Gasteiger charge is -2.10. The lowest BCUT2D eigenvalue weighted by atomic mass is 10.0. The highest BCUT2D eigenvalue weighted by molar-refractivity contribution is 5.85. The van der Waals surface area contributed by atoms with Gasteiger partial charge >= 0.3 is 0 Å². The Morgan fingerprint density at radius 3 is 2.24 bits per heavy atom. The Labute approximate surface area is 108 Å². The van der Waals surface area contributed by atoms with E-state index in [1.54, 1.807) is 0 Å². The van der Waals surface area contributed by atoms with Gasteiger partial charge in [-0.05, 0) is 22.8 Å². The SMILES string of the molecule is Cl.N[C@@H](CO)c1cccc(-c2ccccc2)c1. The minimum atomic E-state index is -0.302. The Balaban J connectivity index is 0.00000144. The third-order valence-corrected chi connectivity index (χ3v) is 2.62. The highest BCUT2D eigenvalue weighted by Crippen LogP contribution is 2.22. The molecule has 2 aromatic rings. The van der Waals surface area contributed by atoms with Crippen molar-refractivity contribution in [3.63, 3.8) is 0 Å². The van der Waals surface area contributed by atoms with Crippen LogP contribution in [-0.2, 0) is 0 Å². The first kappa shape index (κ1) is 13.7. The monoisotopic (exact) mass is 249 g/mol. The predicted octanol–water partition coefficient (Wildman–Crippen LogP) is 2.77. The van der Waals surface area contributed by atoms with E-state index in [1.165, 1.54) is 0 Å². The molecule has 2 nitrogen and oxygen atoms in total. The Kier molecular flexibility index (Phi) is 5.16. The van der Waals surface area contributed by atoms with Crippen LogP contribution in [0.4, 0.5) is 0 Å². The first-order valence-electron chi connectivity index (χ1n) is 5.33. The van der Waals surface area contributed by atoms with Crippen molar-refractivity contribution >= 4 is 12.4 Å². The number of aliphatic hydroxyl groups excluding tert-OH is 1. The van der Waals surface area contributed by atoms with E-state index in [9.17, 15) is 0 Å². The molecule has 0 amide bonds. The minimum absolute atomic E-state index is 0. The summed E-state index contributed by atoms with van der Waals surface area (Å²) in [4.78, 5) is 0. The summed E-state index contributed by atoms with van der Waals surface area (Å²) in [5.74, 6) is 0. The lowest BCUT2D eigenvalue weighted by molar-refractivity contribution is 0.268. The largest absolute Gasteiger partial charge is 0.394 e. The van der Waals surface area contributed by atoms with Crippen LogP contribution in [0.2, 0.25) is 0 Å². The van der Waals surface area contributed by atoms with Gasteiger partial charge in [0.25, 0.3) is 0 Å². The molecule has 17 heavy (non-hydrogen) atoms. The van der Waals surface area contributed by atoms with E-state index in [2.05, 4.69) is 12.1 Å². The zero-order valence-electron chi connectivity index (χ0n) is 9.41. The van der Waals surface area contributed by atoms with Gasteiger partial charge in [-0.15, -0.1) is 12.4 Å². The minimum Gasteiger partial charge on any atom is -0.394 e. The third-order valence-electron chi connectivity index (χ3n) is 2.62. The zero-order valence-corrected chi connectivity index (χ0v) is 10.2. The van der Waals surface area contributed by atoms with E-state index in [0.29, 0.717) is 0 Å². The molecule has 0 spiro atoms. The molecular weight excluding hydrogens is 234 g/mol. The molecule has 0 fully saturated rings. The van der Waals surface area contributed by atoms with Gasteiger partial charge in [-0.2, -0.15) is 0 Å². The lowest BCUT2D eigenvalue weighted by Crippen LogP contribution is -2.14. The van der Waals surface area contributed by atoms with Crippen LogP contribution in [0.25, 0.3) is 11.1 Å². The van der Waals surface area contributed by atoms with Crippen molar-refractivity contribution in [3.8, 4) is 11.1 Å². The highest BCUT2D eigenvalue weighted by atomic mass is 35.5. The predicted molar refractivity (Wildman–Crippen MR) is 73.1 cm³/mol. The van der Waals surface area contributed by atoms with Crippen LogP contribution in [-0.4, -0.2) is 11.7 Å². The van der Waals surface area contributed by atoms with Crippen LogP contribution in [0.1, 0.15) is 11.6 Å². The van der Waals surface area contributed by atoms with Gasteiger partial charge in [-0.1, -0.05) is 48.5 Å². The van der Waals surface area contributed by atoms with Crippen molar-refractivity contribution in [2.45, 2.75) is 6.04 Å². The van der Waals surface area contributed by atoms with Crippen LogP contribution in [0.5, 0.6) is 0 Å². The summed E-state index contributed by atoms with van der Waals surface area (Å²) in [6.07, 6.45) is 0. The van der Waals surface area contributed by atoms with Crippen LogP contribution in [0, 0.1) is 0 Å². The van der Waals surface area contributed by atoms with Gasteiger partial charge in [0.2, 0.25) is 0 Å². The molecule has 0 aliphatic heterocycles. The van der Waals surface area contributed by atoms with Crippen LogP contribution >= 0.6 is 12.4 Å². The average molecular weight is 250 g/mol. The van der Waals surface area contributed by atoms with Gasteiger partial charge in [-0.3, -0.25) is 0 Å². The van der Waals surface area contributed by atoms with E-state index < -0.39 is 0 Å². The van der Waals surface area contributed by atoms with Crippen molar-refractivity contribution in [2.75, 3.05) is 6.61 Å². The summed E-state index contributed by atoms with van der Waals surface area (Å²) in [6.45, 7) is -0.0295. The fraction of sp³-hybridized carbons (Fsp3) is 0.143. The van der Waals surface area contributed by atoms with E-state index >= 15 is 0 Å². The Morgan fingerprint density at radius 1 is 0.941 bits per heavy atom. The number of benzene rings is 2. The van der Waals surface area contributed by atoms with Crippen molar-refractivity contribution < 1.29 is 5.11 Å². The second kappa shape index (κ2) is 6.40. The maximum absolute atomic E-state index is 9.02. The molecule has 0 bridgehead atoms. The number of aliphatic hydroxyl groups is 1. The number of hydrogen-bond donors (Lipinski definition) is 2. The first-order valence-corrected chi connectivity index (χ1v) is 5.33. The normalized spacial score (nSPS) is 11.6. The summed E-state index contributed by atoms with van der Waals surface area (Å²) in [5.41, 5.74) is 9.04. The number of halogens is 1. The standard InChI is InChI=1S/C14H15NO.ClH/c15-14(10-16)13-8-4-7-12(9-13)11-5-2-1-3-6-11;/h1-9,14,16H,10,15H2;1H/t14-;/m0./s1. The molecule has 0 aliphatic rings. The average Bonchev–Trinajstić information content (AvgIpc) is 2.39. The number of nitrogens with two attached hydrogens (primary N) is 1. The van der Waals surface area contributed by atoms with Crippen molar-refractivity contribution in [1.29, 1.82) is 0 Å². The molecule has 3 heteroatoms. The fourth-order valence-electron chi connectivity index (χ4n) is 1.68. The summed E-state index contributed by atoms with van der Waals surface area (Å²) in [5, 5.41) is 9.02. The van der Waals surface area contributed by atoms with Gasteiger partial charge in [0.05, 0.1) is 12.6 Å². The molecule has 90 valence electrons. The summed E-state index contributed by atoms with van der Waals surface area (Å²) in [7, 11) is 0. The van der Waals surface area contributed by atoms with Gasteiger partial charge < -0.3 is 10.8 Å². The molecule has 0 saturated carbocycles. The molecule has 0 saturated heterocycles. The second-order valence-corrected chi connectivity index (χ2v) is 3.78. The van der Waals surface area contributed by atoms with Gasteiger partial charge in [0, 0.05) is 0 Å². The molecule has 2 rings (SSSR count). The van der Waals surface area contributed by atoms with Crippen LogP contribution < -0.4 is 5.73 Å². The zero-order chi connectivity index (χ0) is 11.4. The molecule has 2 aromatic carbocycles. The Morgan fingerprint density at radius 2 is 1.59 bits per heavy atom. The van der Waals surface area contributed by atoms with Crippen LogP contribution in [0.15, 0.2) is 54.6 Å². The third kappa shape index (κ3) is 3.30. The molecule has 1 atom stereocenters. The quantitative estimate of drug-likeness (QED) is 0.879. The number of hydrogen-bond acceptors (Lipinski definition) is 2. The molecule has 3 N–H and O–H groups in total. The van der Waals surface area contributed by atoms with Crippen molar-refractivity contribution in [3.05, 3.63) is 60.2 Å². The molecule has 0 unspecified atom stereocenters. The van der Waals surface area contributed by atoms with Gasteiger partial charge in [-0.25, -0.2) is 0 Å². The Hall–Kier alpha value is -1.35. The maximum atomic E-state index is 9.02. The first-order chi connectivity index (χ1) is 7.81. The summed E-state index contributed by atoms with van der Waals surface area (Å²) in [6, 6.07) is 17.8. The number of rotatable bonds is 3. The summed E-state index contributed by atoms with van der Waals surface area (Å²) < 4.78 is 0. The topological polar surface area (TPSA) is 46.2 Å². The van der Waals surface area contributed by atoms with E-state index in [4.69, 9.17) is 10.8 Å². The highest BCUT2D eigenvalue weighted by Gasteiger charge is 2.05. The van der Waals surface area contributed by atoms with Crippen LogP contribution in [0.3, 0.4) is 0 Å². The molecule has 0 aromatic heterocycles. The van der Waals surface area contributed by atoms with Crippen molar-refractivity contribution in [2.24, 2.45) is 5.73 Å².